The van der Waals surface area contributed by atoms with Crippen LogP contribution in [0, 0.1) is 6.92 Å². The zero-order chi connectivity index (χ0) is 13.8. The number of aromatic amines is 1. The molecule has 0 saturated carbocycles. The zero-order valence-electron chi connectivity index (χ0n) is 10.8. The number of anilines is 1. The number of H-pyrrole nitrogens is 1. The minimum Gasteiger partial charge on any atom is -0.464 e. The first kappa shape index (κ1) is 13.5. The number of carbonyl (C=O) groups excluding carboxylic acids is 1. The molecule has 5 heteroatoms. The molecule has 0 radical (unpaired) electrons. The number of halogens is 1. The highest BCUT2D eigenvalue weighted by Crippen LogP contribution is 2.23. The zero-order valence-corrected chi connectivity index (χ0v) is 11.5. The Hall–Kier alpha value is -1.94. The Labute approximate surface area is 116 Å². The first-order chi connectivity index (χ1) is 9.11. The average Bonchev–Trinajstić information content (AvgIpc) is 2.88. The number of nitrogens with one attached hydrogen (secondary N) is 2. The third kappa shape index (κ3) is 3.09. The quantitative estimate of drug-likeness (QED) is 0.843. The van der Waals surface area contributed by atoms with Gasteiger partial charge >= 0.3 is 5.97 Å². The Morgan fingerprint density at radius 1 is 1.37 bits per heavy atom. The highest BCUT2D eigenvalue weighted by molar-refractivity contribution is 6.31. The van der Waals surface area contributed by atoms with Gasteiger partial charge in [0, 0.05) is 16.4 Å². The Bertz CT molecular complexity index is 593. The molecule has 100 valence electrons. The summed E-state index contributed by atoms with van der Waals surface area (Å²) in [5.41, 5.74) is 3.33. The molecule has 2 aromatic rings. The number of esters is 1. The van der Waals surface area contributed by atoms with Crippen molar-refractivity contribution in [3.8, 4) is 0 Å². The van der Waals surface area contributed by atoms with Crippen molar-refractivity contribution in [2.45, 2.75) is 13.5 Å². The summed E-state index contributed by atoms with van der Waals surface area (Å²) in [6.45, 7) is 2.54. The van der Waals surface area contributed by atoms with Gasteiger partial charge in [0.2, 0.25) is 0 Å². The number of hydrogen-bond acceptors (Lipinski definition) is 3. The van der Waals surface area contributed by atoms with Crippen LogP contribution in [0.2, 0.25) is 5.02 Å². The molecule has 0 aliphatic carbocycles. The van der Waals surface area contributed by atoms with Gasteiger partial charge in [0.15, 0.2) is 0 Å². The van der Waals surface area contributed by atoms with Gasteiger partial charge in [-0.15, -0.1) is 0 Å². The molecular formula is C14H15ClN2O2. The Kier molecular flexibility index (Phi) is 4.12. The Morgan fingerprint density at radius 3 is 2.89 bits per heavy atom. The highest BCUT2D eigenvalue weighted by atomic mass is 35.5. The van der Waals surface area contributed by atoms with E-state index in [4.69, 9.17) is 11.6 Å². The van der Waals surface area contributed by atoms with Crippen molar-refractivity contribution in [1.82, 2.24) is 4.98 Å². The summed E-state index contributed by atoms with van der Waals surface area (Å²) in [7, 11) is 1.36. The summed E-state index contributed by atoms with van der Waals surface area (Å²) in [6, 6.07) is 9.26. The largest absolute Gasteiger partial charge is 0.464 e. The standard InChI is InChI=1S/C14H15ClN2O2/c1-9-11(15)4-3-5-12(9)16-8-10-6-7-13(17-10)14(18)19-2/h3-7,16-17H,8H2,1-2H3. The first-order valence-corrected chi connectivity index (χ1v) is 6.25. The van der Waals surface area contributed by atoms with E-state index in [1.807, 2.05) is 31.2 Å². The predicted octanol–water partition coefficient (Wildman–Crippen LogP) is 3.38. The van der Waals surface area contributed by atoms with Crippen LogP contribution in [0.3, 0.4) is 0 Å². The van der Waals surface area contributed by atoms with Crippen molar-refractivity contribution in [3.05, 3.63) is 52.3 Å². The lowest BCUT2D eigenvalue weighted by molar-refractivity contribution is 0.0594. The lowest BCUT2D eigenvalue weighted by atomic mass is 10.2. The van der Waals surface area contributed by atoms with E-state index in [1.54, 1.807) is 6.07 Å². The van der Waals surface area contributed by atoms with E-state index < -0.39 is 0 Å². The third-order valence-electron chi connectivity index (χ3n) is 2.89. The second kappa shape index (κ2) is 5.80. The maximum Gasteiger partial charge on any atom is 0.354 e. The minimum absolute atomic E-state index is 0.370. The summed E-state index contributed by atoms with van der Waals surface area (Å²) >= 11 is 6.05. The van der Waals surface area contributed by atoms with Crippen LogP contribution in [0.4, 0.5) is 5.69 Å². The molecule has 0 spiro atoms. The van der Waals surface area contributed by atoms with Gasteiger partial charge in [-0.25, -0.2) is 4.79 Å². The monoisotopic (exact) mass is 278 g/mol. The SMILES string of the molecule is COC(=O)c1ccc(CNc2cccc(Cl)c2C)[nH]1. The molecule has 1 heterocycles. The van der Waals surface area contributed by atoms with Gasteiger partial charge in [-0.2, -0.15) is 0 Å². The van der Waals surface area contributed by atoms with Crippen LogP contribution in [0.1, 0.15) is 21.7 Å². The van der Waals surface area contributed by atoms with E-state index in [9.17, 15) is 4.79 Å². The van der Waals surface area contributed by atoms with E-state index in [-0.39, 0.29) is 5.97 Å². The second-order valence-electron chi connectivity index (χ2n) is 4.15. The van der Waals surface area contributed by atoms with Crippen LogP contribution in [-0.2, 0) is 11.3 Å². The molecule has 1 aromatic carbocycles. The van der Waals surface area contributed by atoms with Crippen molar-refractivity contribution in [1.29, 1.82) is 0 Å². The molecular weight excluding hydrogens is 264 g/mol. The molecule has 1 aromatic heterocycles. The van der Waals surface area contributed by atoms with Gasteiger partial charge in [-0.05, 0) is 36.8 Å². The normalized spacial score (nSPS) is 10.3. The van der Waals surface area contributed by atoms with E-state index in [2.05, 4.69) is 15.0 Å². The summed E-state index contributed by atoms with van der Waals surface area (Å²) in [5, 5.41) is 4.00. The fourth-order valence-electron chi connectivity index (χ4n) is 1.76. The van der Waals surface area contributed by atoms with E-state index in [0.29, 0.717) is 12.2 Å². The van der Waals surface area contributed by atoms with Gasteiger partial charge in [0.05, 0.1) is 13.7 Å². The van der Waals surface area contributed by atoms with Gasteiger partial charge in [-0.3, -0.25) is 0 Å². The minimum atomic E-state index is -0.370. The molecule has 19 heavy (non-hydrogen) atoms. The number of methoxy groups -OCH3 is 1. The highest BCUT2D eigenvalue weighted by Gasteiger charge is 2.08. The van der Waals surface area contributed by atoms with Crippen LogP contribution in [0.25, 0.3) is 0 Å². The first-order valence-electron chi connectivity index (χ1n) is 5.87. The van der Waals surface area contributed by atoms with Crippen molar-refractivity contribution in [3.63, 3.8) is 0 Å². The number of benzene rings is 1. The Balaban J connectivity index is 2.04. The van der Waals surface area contributed by atoms with Gasteiger partial charge < -0.3 is 15.0 Å². The number of hydrogen-bond donors (Lipinski definition) is 2. The van der Waals surface area contributed by atoms with Crippen molar-refractivity contribution >= 4 is 23.3 Å². The van der Waals surface area contributed by atoms with E-state index in [1.165, 1.54) is 7.11 Å². The lowest BCUT2D eigenvalue weighted by Gasteiger charge is -2.09. The molecule has 0 aliphatic heterocycles. The van der Waals surface area contributed by atoms with Crippen molar-refractivity contribution < 1.29 is 9.53 Å². The number of aromatic nitrogens is 1. The number of carbonyl (C=O) groups is 1. The Morgan fingerprint density at radius 2 is 2.16 bits per heavy atom. The topological polar surface area (TPSA) is 54.1 Å². The molecule has 0 fully saturated rings. The number of rotatable bonds is 4. The van der Waals surface area contributed by atoms with E-state index in [0.717, 1.165) is 22.0 Å². The molecule has 0 atom stereocenters. The van der Waals surface area contributed by atoms with Crippen LogP contribution >= 0.6 is 11.6 Å². The van der Waals surface area contributed by atoms with Crippen LogP contribution in [0.15, 0.2) is 30.3 Å². The fourth-order valence-corrected chi connectivity index (χ4v) is 1.94. The maximum atomic E-state index is 11.3. The molecule has 2 N–H and O–H groups in total. The molecule has 4 nitrogen and oxygen atoms in total. The van der Waals surface area contributed by atoms with Crippen molar-refractivity contribution in [2.75, 3.05) is 12.4 Å². The molecule has 0 saturated heterocycles. The van der Waals surface area contributed by atoms with Crippen LogP contribution in [-0.4, -0.2) is 18.1 Å². The van der Waals surface area contributed by atoms with Crippen LogP contribution < -0.4 is 5.32 Å². The maximum absolute atomic E-state index is 11.3. The predicted molar refractivity (Wildman–Crippen MR) is 75.6 cm³/mol. The average molecular weight is 279 g/mol. The molecule has 2 rings (SSSR count). The smallest absolute Gasteiger partial charge is 0.354 e. The summed E-state index contributed by atoms with van der Waals surface area (Å²) in [6.07, 6.45) is 0. The summed E-state index contributed by atoms with van der Waals surface area (Å²) in [4.78, 5) is 14.3. The summed E-state index contributed by atoms with van der Waals surface area (Å²) in [5.74, 6) is -0.370. The second-order valence-corrected chi connectivity index (χ2v) is 4.56. The molecule has 0 bridgehead atoms. The fraction of sp³-hybridized carbons (Fsp3) is 0.214. The lowest BCUT2D eigenvalue weighted by Crippen LogP contribution is -2.04. The van der Waals surface area contributed by atoms with Gasteiger partial charge in [0.1, 0.15) is 5.69 Å². The molecule has 0 amide bonds. The van der Waals surface area contributed by atoms with Crippen molar-refractivity contribution in [2.24, 2.45) is 0 Å². The van der Waals surface area contributed by atoms with Gasteiger partial charge in [-0.1, -0.05) is 17.7 Å². The molecule has 0 unspecified atom stereocenters. The van der Waals surface area contributed by atoms with E-state index >= 15 is 0 Å². The van der Waals surface area contributed by atoms with Crippen LogP contribution in [0.5, 0.6) is 0 Å². The molecule has 0 aliphatic rings. The summed E-state index contributed by atoms with van der Waals surface area (Å²) < 4.78 is 4.64. The number of ether oxygens (including phenoxy) is 1. The van der Waals surface area contributed by atoms with Gasteiger partial charge in [0.25, 0.3) is 0 Å². The third-order valence-corrected chi connectivity index (χ3v) is 3.30.